The highest BCUT2D eigenvalue weighted by Crippen LogP contribution is 2.47. The summed E-state index contributed by atoms with van der Waals surface area (Å²) in [4.78, 5) is 18.3. The second-order valence-corrected chi connectivity index (χ2v) is 9.69. The van der Waals surface area contributed by atoms with Gasteiger partial charge in [-0.3, -0.25) is 15.1 Å². The maximum atomic E-state index is 12.1. The molecule has 1 aliphatic heterocycles. The Morgan fingerprint density at radius 3 is 2.27 bits per heavy atom. The number of rotatable bonds is 8. The Hall–Kier alpha value is -4.64. The number of hydrogen-bond acceptors (Lipinski definition) is 7. The van der Waals surface area contributed by atoms with Gasteiger partial charge in [0.2, 0.25) is 0 Å². The predicted octanol–water partition coefficient (Wildman–Crippen LogP) is 5.60. The molecule has 1 fully saturated rings. The maximum absolute atomic E-state index is 12.1. The van der Waals surface area contributed by atoms with Crippen LogP contribution >= 0.6 is 12.2 Å². The second-order valence-electron chi connectivity index (χ2n) is 9.31. The van der Waals surface area contributed by atoms with Crippen LogP contribution in [0.4, 0.5) is 11.4 Å². The van der Waals surface area contributed by atoms with Crippen LogP contribution in [0.25, 0.3) is 5.69 Å². The standard InChI is InChI=1S/C29H29N5O5S/c1-17-14-21(18(2)32(17)23-11-9-19(37-3)15-25(23)34(35)36)28-27(22-8-6-7-13-30-22)31-29(40)33(28)24-12-10-20(38-4)16-26(24)39-5/h6-16,27-28H,1-5H3,(H,31,40). The highest BCUT2D eigenvalue weighted by Gasteiger charge is 2.43. The molecule has 1 saturated heterocycles. The summed E-state index contributed by atoms with van der Waals surface area (Å²) in [6.45, 7) is 3.88. The first-order valence-corrected chi connectivity index (χ1v) is 12.9. The minimum absolute atomic E-state index is 0.0530. The number of anilines is 1. The van der Waals surface area contributed by atoms with Gasteiger partial charge in [-0.25, -0.2) is 0 Å². The smallest absolute Gasteiger partial charge is 0.296 e. The molecule has 0 radical (unpaired) electrons. The molecule has 0 saturated carbocycles. The first kappa shape index (κ1) is 26.9. The van der Waals surface area contributed by atoms with Gasteiger partial charge in [0.15, 0.2) is 5.11 Å². The summed E-state index contributed by atoms with van der Waals surface area (Å²) in [6.07, 6.45) is 1.75. The molecule has 0 aliphatic carbocycles. The van der Waals surface area contributed by atoms with Crippen molar-refractivity contribution in [1.82, 2.24) is 14.9 Å². The maximum Gasteiger partial charge on any atom is 0.296 e. The van der Waals surface area contributed by atoms with Gasteiger partial charge < -0.3 is 29.0 Å². The minimum atomic E-state index is -0.395. The third kappa shape index (κ3) is 4.58. The molecule has 2 aromatic heterocycles. The van der Waals surface area contributed by atoms with Crippen molar-refractivity contribution >= 4 is 28.7 Å². The van der Waals surface area contributed by atoms with E-state index in [2.05, 4.69) is 10.3 Å². The van der Waals surface area contributed by atoms with Gasteiger partial charge in [0.1, 0.15) is 22.9 Å². The topological polar surface area (TPSA) is 104 Å². The van der Waals surface area contributed by atoms with Crippen LogP contribution in [0.1, 0.15) is 34.7 Å². The lowest BCUT2D eigenvalue weighted by Crippen LogP contribution is -2.30. The summed E-state index contributed by atoms with van der Waals surface area (Å²) in [5.74, 6) is 1.66. The summed E-state index contributed by atoms with van der Waals surface area (Å²) in [5, 5.41) is 16.0. The molecule has 40 heavy (non-hydrogen) atoms. The molecule has 10 nitrogen and oxygen atoms in total. The van der Waals surface area contributed by atoms with Crippen molar-refractivity contribution < 1.29 is 19.1 Å². The van der Waals surface area contributed by atoms with E-state index in [1.807, 2.05) is 65.8 Å². The first-order chi connectivity index (χ1) is 19.3. The van der Waals surface area contributed by atoms with Gasteiger partial charge in [-0.2, -0.15) is 0 Å². The largest absolute Gasteiger partial charge is 0.497 e. The van der Waals surface area contributed by atoms with E-state index in [0.717, 1.165) is 28.3 Å². The van der Waals surface area contributed by atoms with Crippen LogP contribution in [0.15, 0.2) is 66.9 Å². The quantitative estimate of drug-likeness (QED) is 0.168. The van der Waals surface area contributed by atoms with Gasteiger partial charge in [0.25, 0.3) is 5.69 Å². The lowest BCUT2D eigenvalue weighted by Gasteiger charge is -2.29. The second kappa shape index (κ2) is 10.9. The number of nitro benzene ring substituents is 1. The van der Waals surface area contributed by atoms with Crippen LogP contribution in [-0.2, 0) is 0 Å². The number of thiocarbonyl (C=S) groups is 1. The minimum Gasteiger partial charge on any atom is -0.497 e. The summed E-state index contributed by atoms with van der Waals surface area (Å²) < 4.78 is 18.3. The molecule has 2 aromatic carbocycles. The van der Waals surface area contributed by atoms with Gasteiger partial charge in [-0.1, -0.05) is 6.07 Å². The fourth-order valence-electron chi connectivity index (χ4n) is 5.34. The number of hydrogen-bond donors (Lipinski definition) is 1. The average Bonchev–Trinajstić information content (AvgIpc) is 3.46. The molecule has 3 heterocycles. The van der Waals surface area contributed by atoms with Crippen LogP contribution in [0.2, 0.25) is 0 Å². The zero-order chi connectivity index (χ0) is 28.6. The van der Waals surface area contributed by atoms with Crippen LogP contribution in [0.3, 0.4) is 0 Å². The lowest BCUT2D eigenvalue weighted by atomic mass is 9.96. The van der Waals surface area contributed by atoms with Crippen molar-refractivity contribution in [2.75, 3.05) is 26.2 Å². The molecule has 0 bridgehead atoms. The Labute approximate surface area is 237 Å². The average molecular weight is 560 g/mol. The van der Waals surface area contributed by atoms with Gasteiger partial charge in [-0.15, -0.1) is 0 Å². The Bertz CT molecular complexity index is 1590. The molecule has 206 valence electrons. The van der Waals surface area contributed by atoms with Gasteiger partial charge in [-0.05, 0) is 74.1 Å². The number of nitrogens with one attached hydrogen (secondary N) is 1. The monoisotopic (exact) mass is 559 g/mol. The molecule has 1 aliphatic rings. The Kier molecular flexibility index (Phi) is 7.31. The molecule has 5 rings (SSSR count). The summed E-state index contributed by atoms with van der Waals surface area (Å²) in [5.41, 5.74) is 4.56. The number of ether oxygens (including phenoxy) is 3. The fraction of sp³-hybridized carbons (Fsp3) is 0.241. The zero-order valence-electron chi connectivity index (χ0n) is 22.7. The van der Waals surface area contributed by atoms with E-state index in [1.54, 1.807) is 32.5 Å². The summed E-state index contributed by atoms with van der Waals surface area (Å²) in [7, 11) is 4.69. The molecule has 1 N–H and O–H groups in total. The lowest BCUT2D eigenvalue weighted by molar-refractivity contribution is -0.384. The third-order valence-electron chi connectivity index (χ3n) is 7.15. The number of nitrogens with zero attached hydrogens (tertiary/aromatic N) is 4. The van der Waals surface area contributed by atoms with E-state index in [-0.39, 0.29) is 17.8 Å². The van der Waals surface area contributed by atoms with Crippen LogP contribution in [0.5, 0.6) is 17.2 Å². The molecule has 0 amide bonds. The summed E-state index contributed by atoms with van der Waals surface area (Å²) in [6, 6.07) is 17.6. The van der Waals surface area contributed by atoms with Crippen molar-refractivity contribution in [3.63, 3.8) is 0 Å². The van der Waals surface area contributed by atoms with Gasteiger partial charge >= 0.3 is 0 Å². The Balaban J connectivity index is 1.72. The SMILES string of the molecule is COc1ccc(N2C(=S)NC(c3ccccn3)C2c2cc(C)n(-c3ccc(OC)cc3[N+](=O)[O-])c2C)c(OC)c1. The fourth-order valence-corrected chi connectivity index (χ4v) is 5.68. The molecule has 2 unspecified atom stereocenters. The van der Waals surface area contributed by atoms with Gasteiger partial charge in [0, 0.05) is 23.7 Å². The Morgan fingerprint density at radius 2 is 1.65 bits per heavy atom. The number of benzene rings is 2. The van der Waals surface area contributed by atoms with E-state index in [1.165, 1.54) is 13.2 Å². The molecular formula is C29H29N5O5S. The molecular weight excluding hydrogens is 530 g/mol. The number of aryl methyl sites for hydroxylation is 1. The van der Waals surface area contributed by atoms with Crippen molar-refractivity contribution in [1.29, 1.82) is 0 Å². The van der Waals surface area contributed by atoms with E-state index < -0.39 is 4.92 Å². The molecule has 0 spiro atoms. The third-order valence-corrected chi connectivity index (χ3v) is 7.47. The predicted molar refractivity (Wildman–Crippen MR) is 156 cm³/mol. The normalized spacial score (nSPS) is 16.5. The van der Waals surface area contributed by atoms with Crippen molar-refractivity contribution in [3.05, 3.63) is 99.6 Å². The number of aromatic nitrogens is 2. The highest BCUT2D eigenvalue weighted by atomic mass is 32.1. The van der Waals surface area contributed by atoms with E-state index in [0.29, 0.717) is 28.0 Å². The van der Waals surface area contributed by atoms with Crippen LogP contribution in [0, 0.1) is 24.0 Å². The number of methoxy groups -OCH3 is 3. The zero-order valence-corrected chi connectivity index (χ0v) is 23.6. The van der Waals surface area contributed by atoms with Crippen molar-refractivity contribution in [2.24, 2.45) is 0 Å². The van der Waals surface area contributed by atoms with E-state index in [9.17, 15) is 10.1 Å². The van der Waals surface area contributed by atoms with Crippen LogP contribution < -0.4 is 24.4 Å². The van der Waals surface area contributed by atoms with Gasteiger partial charge in [0.05, 0.1) is 55.8 Å². The van der Waals surface area contributed by atoms with E-state index >= 15 is 0 Å². The molecule has 4 aromatic rings. The molecule has 2 atom stereocenters. The molecule has 11 heteroatoms. The summed E-state index contributed by atoms with van der Waals surface area (Å²) >= 11 is 5.89. The van der Waals surface area contributed by atoms with Crippen LogP contribution in [-0.4, -0.2) is 40.9 Å². The van der Waals surface area contributed by atoms with E-state index in [4.69, 9.17) is 26.4 Å². The highest BCUT2D eigenvalue weighted by molar-refractivity contribution is 7.80. The van der Waals surface area contributed by atoms with Crippen molar-refractivity contribution in [3.8, 4) is 22.9 Å². The number of pyridine rings is 1. The Morgan fingerprint density at radius 1 is 0.950 bits per heavy atom. The first-order valence-electron chi connectivity index (χ1n) is 12.5. The number of nitro groups is 1. The van der Waals surface area contributed by atoms with Crippen molar-refractivity contribution in [2.45, 2.75) is 25.9 Å².